The molecule has 2 saturated carbocycles. The number of nitrogens with one attached hydrogen (secondary N) is 1. The Morgan fingerprint density at radius 3 is 2.62 bits per heavy atom. The van der Waals surface area contributed by atoms with Crippen LogP contribution in [-0.2, 0) is 4.79 Å². The molecule has 0 radical (unpaired) electrons. The molecule has 0 unspecified atom stereocenters. The van der Waals surface area contributed by atoms with E-state index >= 15 is 0 Å². The van der Waals surface area contributed by atoms with Gasteiger partial charge in [-0.3, -0.25) is 4.79 Å². The number of hydrogen-bond acceptors (Lipinski definition) is 2. The molecule has 24 heavy (non-hydrogen) atoms. The largest absolute Gasteiger partial charge is 0.389 e. The first-order chi connectivity index (χ1) is 11.3. The van der Waals surface area contributed by atoms with Gasteiger partial charge in [-0.1, -0.05) is 51.1 Å². The zero-order chi connectivity index (χ0) is 17.4. The third kappa shape index (κ3) is 2.69. The summed E-state index contributed by atoms with van der Waals surface area (Å²) in [7, 11) is 0. The van der Waals surface area contributed by atoms with Crippen LogP contribution in [0.2, 0.25) is 0 Å². The minimum atomic E-state index is -0.695. The van der Waals surface area contributed by atoms with Gasteiger partial charge in [0.1, 0.15) is 0 Å². The summed E-state index contributed by atoms with van der Waals surface area (Å²) >= 11 is 0. The van der Waals surface area contributed by atoms with Crippen molar-refractivity contribution in [1.29, 1.82) is 0 Å². The van der Waals surface area contributed by atoms with Crippen molar-refractivity contribution in [3.63, 3.8) is 0 Å². The Bertz CT molecular complexity index is 630. The van der Waals surface area contributed by atoms with Crippen LogP contribution in [0.15, 0.2) is 36.4 Å². The van der Waals surface area contributed by atoms with Crippen LogP contribution in [0.25, 0.3) is 6.08 Å². The summed E-state index contributed by atoms with van der Waals surface area (Å²) in [5, 5.41) is 14.4. The monoisotopic (exact) mass is 327 g/mol. The molecule has 130 valence electrons. The first-order valence-corrected chi connectivity index (χ1v) is 9.02. The lowest BCUT2D eigenvalue weighted by atomic mass is 9.59. The number of hydrogen-bond donors (Lipinski definition) is 2. The van der Waals surface area contributed by atoms with Crippen molar-refractivity contribution in [2.75, 3.05) is 6.54 Å². The third-order valence-electron chi connectivity index (χ3n) is 6.84. The highest BCUT2D eigenvalue weighted by atomic mass is 16.3. The number of rotatable bonds is 5. The molecule has 2 aliphatic rings. The minimum Gasteiger partial charge on any atom is -0.389 e. The highest BCUT2D eigenvalue weighted by Gasteiger charge is 2.67. The van der Waals surface area contributed by atoms with Crippen LogP contribution in [-0.4, -0.2) is 23.2 Å². The third-order valence-corrected chi connectivity index (χ3v) is 6.84. The molecule has 0 aliphatic heterocycles. The lowest BCUT2D eigenvalue weighted by Crippen LogP contribution is -2.55. The lowest BCUT2D eigenvalue weighted by Gasteiger charge is -2.51. The maximum atomic E-state index is 12.0. The van der Waals surface area contributed by atoms with Crippen molar-refractivity contribution in [1.82, 2.24) is 5.32 Å². The lowest BCUT2D eigenvalue weighted by molar-refractivity contribution is -0.147. The molecule has 1 aromatic rings. The summed E-state index contributed by atoms with van der Waals surface area (Å²) in [6.07, 6.45) is 7.42. The van der Waals surface area contributed by atoms with Crippen LogP contribution >= 0.6 is 0 Å². The molecular formula is C21H29NO2. The molecule has 0 aromatic heterocycles. The molecule has 3 rings (SSSR count). The Kier molecular flexibility index (Phi) is 4.33. The molecule has 0 heterocycles. The first kappa shape index (κ1) is 17.2. The van der Waals surface area contributed by atoms with Crippen LogP contribution in [0.3, 0.4) is 0 Å². The molecule has 2 bridgehead atoms. The van der Waals surface area contributed by atoms with Gasteiger partial charge in [-0.15, -0.1) is 0 Å². The first-order valence-electron chi connectivity index (χ1n) is 9.02. The van der Waals surface area contributed by atoms with Gasteiger partial charge in [-0.25, -0.2) is 0 Å². The van der Waals surface area contributed by atoms with E-state index in [0.29, 0.717) is 18.9 Å². The SMILES string of the molecule is CC1(C)[C@H]2CC[C@](C)(C2)[C@]1(O)CCNC(=O)/C=C/c1ccccc1. The fourth-order valence-electron chi connectivity index (χ4n) is 5.13. The van der Waals surface area contributed by atoms with Gasteiger partial charge in [0, 0.05) is 12.6 Å². The van der Waals surface area contributed by atoms with Crippen molar-refractivity contribution in [2.24, 2.45) is 16.7 Å². The van der Waals surface area contributed by atoms with E-state index in [-0.39, 0.29) is 16.7 Å². The Balaban J connectivity index is 1.56. The van der Waals surface area contributed by atoms with Gasteiger partial charge >= 0.3 is 0 Å². The molecular weight excluding hydrogens is 298 g/mol. The Hall–Kier alpha value is -1.61. The summed E-state index contributed by atoms with van der Waals surface area (Å²) in [6, 6.07) is 9.78. The molecule has 3 atom stereocenters. The van der Waals surface area contributed by atoms with E-state index < -0.39 is 5.60 Å². The van der Waals surface area contributed by atoms with Gasteiger partial charge < -0.3 is 10.4 Å². The molecule has 1 amide bonds. The van der Waals surface area contributed by atoms with E-state index in [0.717, 1.165) is 18.4 Å². The zero-order valence-electron chi connectivity index (χ0n) is 15.0. The summed E-state index contributed by atoms with van der Waals surface area (Å²) in [5.41, 5.74) is 0.225. The second kappa shape index (κ2) is 6.03. The van der Waals surface area contributed by atoms with Gasteiger partial charge in [-0.05, 0) is 54.1 Å². The average molecular weight is 327 g/mol. The second-order valence-corrected chi connectivity index (χ2v) is 8.37. The van der Waals surface area contributed by atoms with Gasteiger partial charge in [-0.2, -0.15) is 0 Å². The molecule has 0 saturated heterocycles. The normalized spacial score (nSPS) is 33.9. The fraction of sp³-hybridized carbons (Fsp3) is 0.571. The standard InChI is InChI=1S/C21H29NO2/c1-19(2)17-11-12-20(3,15-17)21(19,24)13-14-22-18(23)10-9-16-7-5-4-6-8-16/h4-10,17,24H,11-15H2,1-3H3,(H,22,23)/b10-9+/t17-,20+,21-/m0/s1. The number of carbonyl (C=O) groups is 1. The van der Waals surface area contributed by atoms with Crippen molar-refractivity contribution in [3.8, 4) is 0 Å². The van der Waals surface area contributed by atoms with Gasteiger partial charge in [0.2, 0.25) is 5.91 Å². The topological polar surface area (TPSA) is 49.3 Å². The van der Waals surface area contributed by atoms with Crippen molar-refractivity contribution < 1.29 is 9.90 Å². The Morgan fingerprint density at radius 2 is 2.00 bits per heavy atom. The van der Waals surface area contributed by atoms with Crippen molar-refractivity contribution >= 4 is 12.0 Å². The van der Waals surface area contributed by atoms with E-state index in [1.807, 2.05) is 36.4 Å². The number of carbonyl (C=O) groups excluding carboxylic acids is 1. The second-order valence-electron chi connectivity index (χ2n) is 8.37. The van der Waals surface area contributed by atoms with Crippen LogP contribution in [0.5, 0.6) is 0 Å². The van der Waals surface area contributed by atoms with E-state index in [9.17, 15) is 9.90 Å². The van der Waals surface area contributed by atoms with E-state index in [1.165, 1.54) is 6.42 Å². The summed E-state index contributed by atoms with van der Waals surface area (Å²) in [5.74, 6) is 0.495. The molecule has 3 heteroatoms. The molecule has 2 aliphatic carbocycles. The summed E-state index contributed by atoms with van der Waals surface area (Å²) < 4.78 is 0. The minimum absolute atomic E-state index is 0.00816. The maximum absolute atomic E-state index is 12.0. The highest BCUT2D eigenvalue weighted by Crippen LogP contribution is 2.68. The number of aliphatic hydroxyl groups is 1. The van der Waals surface area contributed by atoms with Crippen molar-refractivity contribution in [3.05, 3.63) is 42.0 Å². The number of benzene rings is 1. The molecule has 1 aromatic carbocycles. The average Bonchev–Trinajstić information content (AvgIpc) is 3.03. The predicted molar refractivity (Wildman–Crippen MR) is 97.3 cm³/mol. The van der Waals surface area contributed by atoms with Gasteiger partial charge in [0.05, 0.1) is 5.60 Å². The molecule has 0 spiro atoms. The predicted octanol–water partition coefficient (Wildman–Crippen LogP) is 3.78. The number of amides is 1. The molecule has 2 fully saturated rings. The Morgan fingerprint density at radius 1 is 1.29 bits per heavy atom. The molecule has 3 nitrogen and oxygen atoms in total. The highest BCUT2D eigenvalue weighted by molar-refractivity contribution is 5.91. The summed E-state index contributed by atoms with van der Waals surface area (Å²) in [4.78, 5) is 12.0. The van der Waals surface area contributed by atoms with E-state index in [2.05, 4.69) is 26.1 Å². The van der Waals surface area contributed by atoms with Crippen LogP contribution in [0.4, 0.5) is 0 Å². The van der Waals surface area contributed by atoms with Crippen molar-refractivity contribution in [2.45, 2.75) is 52.1 Å². The number of fused-ring (bicyclic) bond motifs is 2. The molecule has 2 N–H and O–H groups in total. The van der Waals surface area contributed by atoms with E-state index in [4.69, 9.17) is 0 Å². The summed E-state index contributed by atoms with van der Waals surface area (Å²) in [6.45, 7) is 7.12. The fourth-order valence-corrected chi connectivity index (χ4v) is 5.13. The smallest absolute Gasteiger partial charge is 0.244 e. The Labute approximate surface area is 145 Å². The maximum Gasteiger partial charge on any atom is 0.244 e. The quantitative estimate of drug-likeness (QED) is 0.809. The van der Waals surface area contributed by atoms with E-state index in [1.54, 1.807) is 6.08 Å². The van der Waals surface area contributed by atoms with Crippen LogP contribution in [0.1, 0.15) is 52.0 Å². The van der Waals surface area contributed by atoms with Gasteiger partial charge in [0.15, 0.2) is 0 Å². The zero-order valence-corrected chi connectivity index (χ0v) is 15.0. The van der Waals surface area contributed by atoms with Crippen LogP contribution in [0, 0.1) is 16.7 Å². The van der Waals surface area contributed by atoms with Gasteiger partial charge in [0.25, 0.3) is 0 Å². The van der Waals surface area contributed by atoms with Crippen LogP contribution < -0.4 is 5.32 Å².